The Hall–Kier alpha value is -0.900. The molecule has 824 valence electrons. The molecule has 0 bridgehead atoms. The first-order chi connectivity index (χ1) is 67.5. The molecule has 24 rings (SSSR count). The predicted octanol–water partition coefficient (Wildman–Crippen LogP) is 37.1. The van der Waals surface area contributed by atoms with Crippen molar-refractivity contribution in [2.45, 2.75) is 604 Å². The van der Waals surface area contributed by atoms with Gasteiger partial charge in [0.05, 0.1) is 53.4 Å². The smallest absolute Gasteiger partial charge is 0.108 e. The summed E-state index contributed by atoms with van der Waals surface area (Å²) in [4.78, 5) is 0. The largest absolute Gasteiger partial charge is 0.389 e. The van der Waals surface area contributed by atoms with E-state index in [0.29, 0.717) is 121 Å². The Kier molecular flexibility index (Phi) is 31.1. The van der Waals surface area contributed by atoms with Crippen LogP contribution in [0.4, 0.5) is 8.78 Å². The van der Waals surface area contributed by atoms with E-state index in [2.05, 4.69) is 179 Å². The number of hydrogen-bond acceptors (Lipinski definition) is 6. The summed E-state index contributed by atoms with van der Waals surface area (Å²) in [5.41, 5.74) is 4.80. The maximum absolute atomic E-state index is 14.7. The first kappa shape index (κ1) is 111. The highest BCUT2D eigenvalue weighted by atomic mass is 19.1. The van der Waals surface area contributed by atoms with Crippen molar-refractivity contribution in [3.05, 3.63) is 24.3 Å². The third kappa shape index (κ3) is 18.3. The SMILES string of the molecule is C=C1CC[C@@]2(C)[C@@H](CC[C@@H]3[C@@H]2CC[C@@]2(C)[C@H]3CC[C@@]2(O)C(C)C)C1.C=C1CC[C@@]2(C)[C@@H](CC[C@@H]3[C@@H]2CC[C@]2(C)[C@@H](OC(C)C)CC[C@@H]32)C1.CC(C)O[C@H]1CC[C@H]2[C@@H]3CC[C@H]4CC(C)(F)CC[C@]4(C)[C@H]3CC[C@]12C.CC(C)O[C@H]1CC[C@H]2[C@@H]3CC[C@H]4CCCC[C@]4(C)[C@H]3CC[C@]12C.CC(C)[C@]1(O)CC[C@H]2[C@@H]3CC[C@H]4CC(C)(F)CC[C@]4(C)[C@H]3CC[C@@]21C.CC(C)[C@]1(O)CC[C@H]2[C@@H]3CC[C@H]4CCCC[C@]4(C)[C@H]3CC[C@@]21C. The van der Waals surface area contributed by atoms with Gasteiger partial charge in [-0.25, -0.2) is 8.78 Å². The van der Waals surface area contributed by atoms with E-state index in [1.165, 1.54) is 313 Å². The number of hydrogen-bond donors (Lipinski definition) is 3. The van der Waals surface area contributed by atoms with Crippen molar-refractivity contribution in [3.63, 3.8) is 0 Å². The van der Waals surface area contributed by atoms with E-state index in [9.17, 15) is 24.1 Å². The van der Waals surface area contributed by atoms with Crippen LogP contribution in [0.25, 0.3) is 0 Å². The minimum atomic E-state index is -0.939. The van der Waals surface area contributed by atoms with Crippen LogP contribution < -0.4 is 0 Å². The van der Waals surface area contributed by atoms with Gasteiger partial charge in [-0.05, 0) is 614 Å². The molecule has 0 spiro atoms. The fraction of sp³-hybridized carbons (Fsp3) is 0.971. The van der Waals surface area contributed by atoms with Gasteiger partial charge in [-0.15, -0.1) is 0 Å². The van der Waals surface area contributed by atoms with Crippen molar-refractivity contribution in [2.24, 2.45) is 225 Å². The van der Waals surface area contributed by atoms with E-state index in [-0.39, 0.29) is 16.2 Å². The molecular weight excluding hydrogens is 1770 g/mol. The van der Waals surface area contributed by atoms with Crippen molar-refractivity contribution in [1.82, 2.24) is 0 Å². The summed E-state index contributed by atoms with van der Waals surface area (Å²) in [6.07, 6.45) is 75.7. The summed E-state index contributed by atoms with van der Waals surface area (Å²) in [6.45, 7) is 69.6. The molecule has 6 nitrogen and oxygen atoms in total. The van der Waals surface area contributed by atoms with E-state index in [4.69, 9.17) is 14.2 Å². The van der Waals surface area contributed by atoms with Gasteiger partial charge in [0, 0.05) is 0 Å². The maximum Gasteiger partial charge on any atom is 0.108 e. The maximum atomic E-state index is 14.7. The molecule has 24 aliphatic carbocycles. The summed E-state index contributed by atoms with van der Waals surface area (Å²) in [5, 5.41) is 34.6. The van der Waals surface area contributed by atoms with Crippen LogP contribution in [-0.4, -0.2) is 80.1 Å². The van der Waals surface area contributed by atoms with Crippen LogP contribution in [0.1, 0.15) is 540 Å². The van der Waals surface area contributed by atoms with Gasteiger partial charge in [0.2, 0.25) is 0 Å². The molecule has 0 heterocycles. The average molecular weight is 2000 g/mol. The van der Waals surface area contributed by atoms with Gasteiger partial charge < -0.3 is 29.5 Å². The minimum Gasteiger partial charge on any atom is -0.389 e. The second kappa shape index (κ2) is 40.3. The molecule has 8 heteroatoms. The second-order valence-electron chi connectivity index (χ2n) is 64.2. The molecule has 0 saturated heterocycles. The highest BCUT2D eigenvalue weighted by Crippen LogP contribution is 2.78. The zero-order valence-electron chi connectivity index (χ0n) is 98.9. The Morgan fingerprint density at radius 3 is 0.743 bits per heavy atom. The lowest BCUT2D eigenvalue weighted by Crippen LogP contribution is -2.58. The zero-order chi connectivity index (χ0) is 103. The van der Waals surface area contributed by atoms with Crippen LogP contribution in [0.2, 0.25) is 0 Å². The molecule has 0 amide bonds. The highest BCUT2D eigenvalue weighted by Gasteiger charge is 2.72. The van der Waals surface area contributed by atoms with E-state index >= 15 is 0 Å². The number of alkyl halides is 2. The normalized spacial score (nSPS) is 54.8. The number of aliphatic hydroxyl groups is 3. The molecule has 0 aliphatic heterocycles. The van der Waals surface area contributed by atoms with Crippen molar-refractivity contribution in [2.75, 3.05) is 0 Å². The minimum absolute atomic E-state index is 0.0921. The van der Waals surface area contributed by atoms with Gasteiger partial charge in [-0.2, -0.15) is 0 Å². The Morgan fingerprint density at radius 2 is 0.465 bits per heavy atom. The quantitative estimate of drug-likeness (QED) is 0.199. The molecule has 144 heavy (non-hydrogen) atoms. The van der Waals surface area contributed by atoms with Crippen LogP contribution in [0, 0.1) is 225 Å². The molecule has 0 aromatic carbocycles. The number of allylic oxidation sites excluding steroid dienone is 2. The summed E-state index contributed by atoms with van der Waals surface area (Å²) in [6, 6.07) is 0. The van der Waals surface area contributed by atoms with E-state index in [1.807, 2.05) is 13.8 Å². The molecule has 24 saturated carbocycles. The summed E-state index contributed by atoms with van der Waals surface area (Å²) in [7, 11) is 0. The molecule has 24 aliphatic rings. The van der Waals surface area contributed by atoms with Crippen LogP contribution in [0.5, 0.6) is 0 Å². The van der Waals surface area contributed by atoms with Crippen LogP contribution in [-0.2, 0) is 14.2 Å². The molecule has 24 fully saturated rings. The van der Waals surface area contributed by atoms with E-state index in [1.54, 1.807) is 0 Å². The zero-order valence-corrected chi connectivity index (χ0v) is 98.9. The summed E-state index contributed by atoms with van der Waals surface area (Å²) >= 11 is 0. The van der Waals surface area contributed by atoms with Crippen LogP contribution >= 0.6 is 0 Å². The topological polar surface area (TPSA) is 88.4 Å². The lowest BCUT2D eigenvalue weighted by atomic mass is 9.43. The van der Waals surface area contributed by atoms with E-state index in [0.717, 1.165) is 182 Å². The van der Waals surface area contributed by atoms with Crippen molar-refractivity contribution in [3.8, 4) is 0 Å². The first-order valence-corrected chi connectivity index (χ1v) is 64.4. The summed E-state index contributed by atoms with van der Waals surface area (Å²) < 4.78 is 48.5. The molecule has 2 unspecified atom stereocenters. The molecule has 3 N–H and O–H groups in total. The van der Waals surface area contributed by atoms with E-state index < -0.39 is 28.1 Å². The number of ether oxygens (including phenoxy) is 3. The lowest BCUT2D eigenvalue weighted by Gasteiger charge is -2.62. The first-order valence-electron chi connectivity index (χ1n) is 64.4. The second-order valence-corrected chi connectivity index (χ2v) is 64.2. The van der Waals surface area contributed by atoms with Crippen molar-refractivity contribution >= 4 is 0 Å². The van der Waals surface area contributed by atoms with Crippen molar-refractivity contribution < 1.29 is 38.3 Å². The third-order valence-corrected chi connectivity index (χ3v) is 56.8. The van der Waals surface area contributed by atoms with Crippen molar-refractivity contribution in [1.29, 1.82) is 0 Å². The van der Waals surface area contributed by atoms with Gasteiger partial charge in [0.15, 0.2) is 0 Å². The molecule has 0 aromatic heterocycles. The lowest BCUT2D eigenvalue weighted by molar-refractivity contribution is -0.172. The fourth-order valence-corrected chi connectivity index (χ4v) is 48.2. The van der Waals surface area contributed by atoms with Crippen LogP contribution in [0.15, 0.2) is 24.3 Å². The fourth-order valence-electron chi connectivity index (χ4n) is 48.2. The summed E-state index contributed by atoms with van der Waals surface area (Å²) in [5.74, 6) is 21.9. The Labute approximate surface area is 886 Å². The average Bonchev–Trinajstić information content (AvgIpc) is 1.52. The third-order valence-electron chi connectivity index (χ3n) is 56.8. The predicted molar refractivity (Wildman–Crippen MR) is 596 cm³/mol. The Balaban J connectivity index is 0.000000109. The molecule has 0 aromatic rings. The highest BCUT2D eigenvalue weighted by molar-refractivity contribution is 5.23. The van der Waals surface area contributed by atoms with Gasteiger partial charge in [0.1, 0.15) is 11.3 Å². The molecular formula is C136H230F2O6. The van der Waals surface area contributed by atoms with Crippen LogP contribution in [0.3, 0.4) is 0 Å². The molecule has 44 atom stereocenters. The number of halogens is 2. The van der Waals surface area contributed by atoms with Gasteiger partial charge >= 0.3 is 0 Å². The Morgan fingerprint density at radius 1 is 0.229 bits per heavy atom. The molecule has 0 radical (unpaired) electrons. The monoisotopic (exact) mass is 2000 g/mol. The van der Waals surface area contributed by atoms with Gasteiger partial charge in [-0.1, -0.05) is 175 Å². The standard InChI is InChI=1S/2C23H39FO.2C23H38O.2C22H38O/c1-15(2)23(25)11-9-19-17-7-6-16-14-20(3,24)12-13-21(16,4)18(17)8-10-22(19,23)5;1-15(2)25-20-9-8-18-17-7-6-16-14-21(3,24)12-13-22(16,4)19(17)10-11-23(18,20)5;1-15(2)23(24)13-10-20-18-7-6-17-14-16(3)8-11-21(17,4)19(18)9-12-22(20,23)5;1-15(2)24-21-9-8-19-18-7-6-17-14-16(3)10-12-22(17,4)20(18)11-13-23(19,21)5;1-15(2)22(23)14-11-19-17-9-8-16-7-5-6-12-20(16,3)18(17)10-13-21(19,22)4;1-15(2)23-20-11-10-18-17-9-8-16-7-5-6-13-21(16,3)19(17)12-14-22(18,20)4/h15-19,25H,6-14H2,1-5H3;15-20H,6-14H2,1-5H3;15,17-20,24H,3,6-14H2,1-2,4-5H3;15,17-21H,3,6-14H2,1-2,4-5H3;15-19,23H,5-14H2,1-4H3;15-20H,5-14H2,1-4H3/t16-,17+,18-,19-,20?,21-,22-,23+;16-,17-,18-,19-,20-,21?,22-,23-;17-,18+,19-,20-,21-,22-,23+;17-,18-,19-,20-,21-,22-,23-;16-,17-,18+,19+,20+,21+,22-;16-,17+,18+,19+,20+,21+,22+/m000011/s1. The van der Waals surface area contributed by atoms with Gasteiger partial charge in [0.25, 0.3) is 0 Å². The Bertz CT molecular complexity index is 4420. The number of rotatable bonds is 9. The van der Waals surface area contributed by atoms with Gasteiger partial charge in [-0.3, -0.25) is 0 Å². The number of fused-ring (bicyclic) bond motifs is 30.